The van der Waals surface area contributed by atoms with Crippen LogP contribution < -0.4 is 0 Å². The molecule has 4 heteroatoms. The van der Waals surface area contributed by atoms with E-state index in [1.165, 1.54) is 38.5 Å². The third-order valence-electron chi connectivity index (χ3n) is 8.23. The van der Waals surface area contributed by atoms with Crippen LogP contribution in [-0.2, 0) is 9.84 Å². The maximum atomic E-state index is 13.4. The zero-order chi connectivity index (χ0) is 17.5. The molecular weight excluding hydrogens is 332 g/mol. The van der Waals surface area contributed by atoms with Gasteiger partial charge in [0.25, 0.3) is 0 Å². The third-order valence-corrected chi connectivity index (χ3v) is 10.7. The molecule has 0 aromatic rings. The van der Waals surface area contributed by atoms with Crippen LogP contribution in [0.15, 0.2) is 0 Å². The highest BCUT2D eigenvalue weighted by atomic mass is 32.2. The van der Waals surface area contributed by atoms with Crippen LogP contribution in [0.5, 0.6) is 0 Å². The van der Waals surface area contributed by atoms with Gasteiger partial charge in [-0.1, -0.05) is 64.2 Å². The van der Waals surface area contributed by atoms with Crippen LogP contribution in [0.1, 0.15) is 89.9 Å². The monoisotopic (exact) mass is 368 g/mol. The van der Waals surface area contributed by atoms with Gasteiger partial charge in [-0.25, -0.2) is 8.42 Å². The number of fused-ring (bicyclic) bond motifs is 1. The summed E-state index contributed by atoms with van der Waals surface area (Å²) in [6.07, 6.45) is 15.2. The molecular formula is C21H36O3S. The molecule has 1 N–H and O–H groups in total. The van der Waals surface area contributed by atoms with Crippen molar-refractivity contribution in [1.29, 1.82) is 0 Å². The van der Waals surface area contributed by atoms with Crippen molar-refractivity contribution in [2.75, 3.05) is 5.75 Å². The van der Waals surface area contributed by atoms with Crippen molar-refractivity contribution in [3.8, 4) is 0 Å². The van der Waals surface area contributed by atoms with Gasteiger partial charge in [0.15, 0.2) is 9.84 Å². The summed E-state index contributed by atoms with van der Waals surface area (Å²) >= 11 is 0. The van der Waals surface area contributed by atoms with Crippen molar-refractivity contribution in [2.45, 2.75) is 101 Å². The number of aliphatic hydroxyl groups is 1. The van der Waals surface area contributed by atoms with Gasteiger partial charge >= 0.3 is 0 Å². The first-order chi connectivity index (χ1) is 12.0. The molecule has 0 radical (unpaired) electrons. The minimum atomic E-state index is -3.09. The van der Waals surface area contributed by atoms with Crippen LogP contribution in [0.25, 0.3) is 0 Å². The van der Waals surface area contributed by atoms with Gasteiger partial charge in [-0.15, -0.1) is 0 Å². The van der Waals surface area contributed by atoms with Crippen LogP contribution in [0.4, 0.5) is 0 Å². The van der Waals surface area contributed by atoms with E-state index in [9.17, 15) is 13.5 Å². The maximum absolute atomic E-state index is 13.4. The molecule has 0 amide bonds. The molecule has 3 nitrogen and oxygen atoms in total. The molecule has 0 bridgehead atoms. The quantitative estimate of drug-likeness (QED) is 0.742. The Kier molecular flexibility index (Phi) is 5.22. The highest BCUT2D eigenvalue weighted by Crippen LogP contribution is 2.54. The molecule has 0 aromatic carbocycles. The Hall–Kier alpha value is -0.0900. The van der Waals surface area contributed by atoms with E-state index in [2.05, 4.69) is 0 Å². The standard InChI is InChI=1S/C21H36O3S/c22-20-19(16-9-3-1-4-10-16)17-11-5-6-12-18(17)25(23,24)15-21(20)13-7-2-8-14-21/h16-20,22H,1-15H2/t17?,18?,19-,20?/m0/s1. The lowest BCUT2D eigenvalue weighted by Crippen LogP contribution is -2.48. The number of sulfone groups is 1. The maximum Gasteiger partial charge on any atom is 0.154 e. The summed E-state index contributed by atoms with van der Waals surface area (Å²) < 4.78 is 26.7. The fourth-order valence-corrected chi connectivity index (χ4v) is 9.92. The second kappa shape index (κ2) is 7.14. The molecule has 3 saturated carbocycles. The molecule has 4 atom stereocenters. The smallest absolute Gasteiger partial charge is 0.154 e. The number of hydrogen-bond acceptors (Lipinski definition) is 3. The Bertz CT molecular complexity index is 558. The summed E-state index contributed by atoms with van der Waals surface area (Å²) in [5, 5.41) is 11.5. The summed E-state index contributed by atoms with van der Waals surface area (Å²) in [7, 11) is -3.09. The van der Waals surface area contributed by atoms with Crippen molar-refractivity contribution >= 4 is 9.84 Å². The fourth-order valence-electron chi connectivity index (χ4n) is 7.07. The third kappa shape index (κ3) is 3.31. The zero-order valence-corrected chi connectivity index (χ0v) is 16.5. The highest BCUT2D eigenvalue weighted by molar-refractivity contribution is 7.92. The molecule has 1 heterocycles. The van der Waals surface area contributed by atoms with E-state index in [1.807, 2.05) is 0 Å². The van der Waals surface area contributed by atoms with Crippen molar-refractivity contribution < 1.29 is 13.5 Å². The van der Waals surface area contributed by atoms with Crippen LogP contribution in [0.3, 0.4) is 0 Å². The van der Waals surface area contributed by atoms with Gasteiger partial charge in [0, 0.05) is 5.41 Å². The van der Waals surface area contributed by atoms with Gasteiger partial charge in [-0.2, -0.15) is 0 Å². The van der Waals surface area contributed by atoms with Crippen LogP contribution >= 0.6 is 0 Å². The van der Waals surface area contributed by atoms with Crippen molar-refractivity contribution in [2.24, 2.45) is 23.2 Å². The minimum absolute atomic E-state index is 0.163. The summed E-state index contributed by atoms with van der Waals surface area (Å²) in [5.74, 6) is 1.28. The van der Waals surface area contributed by atoms with Crippen LogP contribution in [0, 0.1) is 23.2 Å². The number of hydrogen-bond donors (Lipinski definition) is 1. The molecule has 1 aliphatic heterocycles. The predicted octanol–water partition coefficient (Wildman–Crippen LogP) is 4.48. The number of rotatable bonds is 1. The van der Waals surface area contributed by atoms with Crippen molar-refractivity contribution in [1.82, 2.24) is 0 Å². The summed E-state index contributed by atoms with van der Waals surface area (Å²) in [4.78, 5) is 0. The summed E-state index contributed by atoms with van der Waals surface area (Å²) in [6.45, 7) is 0. The van der Waals surface area contributed by atoms with E-state index in [-0.39, 0.29) is 28.3 Å². The topological polar surface area (TPSA) is 54.4 Å². The Balaban J connectivity index is 1.75. The molecule has 0 aromatic heterocycles. The second-order valence-corrected chi connectivity index (χ2v) is 11.9. The summed E-state index contributed by atoms with van der Waals surface area (Å²) in [5.41, 5.74) is -0.337. The molecule has 25 heavy (non-hydrogen) atoms. The van der Waals surface area contributed by atoms with Crippen molar-refractivity contribution in [3.05, 3.63) is 0 Å². The summed E-state index contributed by atoms with van der Waals surface area (Å²) in [6, 6.07) is 0. The lowest BCUT2D eigenvalue weighted by molar-refractivity contribution is -0.0718. The Morgan fingerprint density at radius 2 is 1.36 bits per heavy atom. The largest absolute Gasteiger partial charge is 0.392 e. The van der Waals surface area contributed by atoms with Gasteiger partial charge in [0.05, 0.1) is 17.1 Å². The van der Waals surface area contributed by atoms with Crippen molar-refractivity contribution in [3.63, 3.8) is 0 Å². The molecule has 3 aliphatic carbocycles. The molecule has 3 unspecified atom stereocenters. The molecule has 4 aliphatic rings. The van der Waals surface area contributed by atoms with E-state index in [0.29, 0.717) is 5.92 Å². The molecule has 4 fully saturated rings. The normalized spacial score (nSPS) is 41.8. The SMILES string of the molecule is O=S1(=O)CC2(CCCCC2)C(O)[C@@H](C2CCCCC2)C2CCCCC21. The van der Waals surface area contributed by atoms with Gasteiger partial charge in [0.1, 0.15) is 0 Å². The van der Waals surface area contributed by atoms with E-state index in [1.54, 1.807) is 0 Å². The lowest BCUT2D eigenvalue weighted by atomic mass is 9.59. The first-order valence-electron chi connectivity index (χ1n) is 10.9. The Morgan fingerprint density at radius 1 is 0.760 bits per heavy atom. The van der Waals surface area contributed by atoms with Crippen LogP contribution in [0.2, 0.25) is 0 Å². The van der Waals surface area contributed by atoms with Gasteiger partial charge in [-0.3, -0.25) is 0 Å². The Labute approximate surface area is 153 Å². The van der Waals surface area contributed by atoms with E-state index in [0.717, 1.165) is 51.4 Å². The second-order valence-electron chi connectivity index (χ2n) is 9.64. The zero-order valence-electron chi connectivity index (χ0n) is 15.7. The first-order valence-corrected chi connectivity index (χ1v) is 12.6. The lowest BCUT2D eigenvalue weighted by Gasteiger charge is -2.47. The molecule has 144 valence electrons. The van der Waals surface area contributed by atoms with Crippen LogP contribution in [-0.4, -0.2) is 30.6 Å². The molecule has 1 saturated heterocycles. The van der Waals surface area contributed by atoms with E-state index >= 15 is 0 Å². The number of aliphatic hydroxyl groups excluding tert-OH is 1. The fraction of sp³-hybridized carbons (Fsp3) is 1.00. The van der Waals surface area contributed by atoms with E-state index < -0.39 is 15.9 Å². The highest BCUT2D eigenvalue weighted by Gasteiger charge is 2.56. The predicted molar refractivity (Wildman–Crippen MR) is 101 cm³/mol. The minimum Gasteiger partial charge on any atom is -0.392 e. The first kappa shape index (κ1) is 18.3. The van der Waals surface area contributed by atoms with E-state index in [4.69, 9.17) is 0 Å². The average Bonchev–Trinajstić information content (AvgIpc) is 2.69. The molecule has 1 spiro atoms. The van der Waals surface area contributed by atoms with Gasteiger partial charge in [-0.05, 0) is 43.4 Å². The Morgan fingerprint density at radius 3 is 2.08 bits per heavy atom. The van der Waals surface area contributed by atoms with Gasteiger partial charge < -0.3 is 5.11 Å². The molecule has 4 rings (SSSR count). The average molecular weight is 369 g/mol. The van der Waals surface area contributed by atoms with Gasteiger partial charge in [0.2, 0.25) is 0 Å².